The van der Waals surface area contributed by atoms with Gasteiger partial charge >= 0.3 is 0 Å². The monoisotopic (exact) mass is 543 g/mol. The maximum Gasteiger partial charge on any atom is 0.271 e. The van der Waals surface area contributed by atoms with Crippen molar-refractivity contribution >= 4 is 29.0 Å². The third kappa shape index (κ3) is 5.00. The number of benzene rings is 3. The molecule has 4 aromatic rings. The lowest BCUT2D eigenvalue weighted by molar-refractivity contribution is -0.113. The number of carbonyl (C=O) groups is 1. The molecule has 2 heterocycles. The molecular formula is C30H26FN3O4S. The third-order valence-corrected chi connectivity index (χ3v) is 7.53. The average molecular weight is 544 g/mol. The predicted octanol–water partition coefficient (Wildman–Crippen LogP) is 4.34. The number of nitrogens with zero attached hydrogens (tertiary/aromatic N) is 2. The molecule has 0 spiro atoms. The first-order chi connectivity index (χ1) is 18.8. The van der Waals surface area contributed by atoms with Crippen LogP contribution in [0.4, 0.5) is 10.1 Å². The van der Waals surface area contributed by atoms with Gasteiger partial charge in [-0.2, -0.15) is 0 Å². The van der Waals surface area contributed by atoms with Crippen molar-refractivity contribution in [2.75, 3.05) is 19.5 Å². The van der Waals surface area contributed by atoms with Gasteiger partial charge in [0.25, 0.3) is 11.5 Å². The number of ether oxygens (including phenoxy) is 2. The Morgan fingerprint density at radius 1 is 1.03 bits per heavy atom. The van der Waals surface area contributed by atoms with E-state index in [9.17, 15) is 14.0 Å². The molecule has 0 radical (unpaired) electrons. The molecule has 1 N–H and O–H groups in total. The number of para-hydroxylation sites is 1. The molecule has 1 aliphatic heterocycles. The summed E-state index contributed by atoms with van der Waals surface area (Å²) in [6.07, 6.45) is 1.70. The van der Waals surface area contributed by atoms with Gasteiger partial charge in [0.1, 0.15) is 5.82 Å². The number of fused-ring (bicyclic) bond motifs is 1. The summed E-state index contributed by atoms with van der Waals surface area (Å²) >= 11 is 1.21. The van der Waals surface area contributed by atoms with E-state index in [1.165, 1.54) is 35.1 Å². The van der Waals surface area contributed by atoms with Crippen molar-refractivity contribution in [2.45, 2.75) is 19.9 Å². The largest absolute Gasteiger partial charge is 0.493 e. The molecule has 198 valence electrons. The Hall–Kier alpha value is -4.50. The molecule has 1 amide bonds. The summed E-state index contributed by atoms with van der Waals surface area (Å²) in [5.41, 5.74) is 3.44. The molecule has 0 fully saturated rings. The number of hydrogen-bond acceptors (Lipinski definition) is 6. The second kappa shape index (κ2) is 10.7. The van der Waals surface area contributed by atoms with Crippen LogP contribution < -0.4 is 29.7 Å². The zero-order valence-electron chi connectivity index (χ0n) is 21.8. The standard InChI is InChI=1S/C30H26FN3O4S/c1-17-7-5-6-8-22(17)33-28(35)26-18(2)32-30-34(27(26)20-11-14-23(37-3)24(16-20)38-4)29(36)25(39-30)15-19-9-12-21(31)13-10-19/h5-16,27H,1-4H3,(H,33,35)/b25-15+/t27-/m1/s1. The molecule has 0 saturated heterocycles. The molecule has 7 nitrogen and oxygen atoms in total. The molecule has 5 rings (SSSR count). The second-order valence-electron chi connectivity index (χ2n) is 9.02. The number of aryl methyl sites for hydroxylation is 1. The summed E-state index contributed by atoms with van der Waals surface area (Å²) in [6.45, 7) is 3.67. The first kappa shape index (κ1) is 26.1. The molecule has 9 heteroatoms. The molecule has 1 aliphatic rings. The Kier molecular flexibility index (Phi) is 7.17. The highest BCUT2D eigenvalue weighted by Crippen LogP contribution is 2.36. The van der Waals surface area contributed by atoms with Crippen LogP contribution in [-0.4, -0.2) is 24.7 Å². The van der Waals surface area contributed by atoms with Gasteiger partial charge in [-0.05, 0) is 66.9 Å². The number of amides is 1. The van der Waals surface area contributed by atoms with Gasteiger partial charge in [-0.15, -0.1) is 0 Å². The first-order valence-electron chi connectivity index (χ1n) is 12.2. The van der Waals surface area contributed by atoms with Crippen LogP contribution in [-0.2, 0) is 4.79 Å². The minimum atomic E-state index is -0.777. The lowest BCUT2D eigenvalue weighted by Crippen LogP contribution is -2.40. The molecule has 1 aromatic heterocycles. The van der Waals surface area contributed by atoms with Gasteiger partial charge in [0.05, 0.1) is 36.1 Å². The number of halogens is 1. The van der Waals surface area contributed by atoms with Crippen LogP contribution in [0.2, 0.25) is 0 Å². The summed E-state index contributed by atoms with van der Waals surface area (Å²) in [7, 11) is 3.07. The van der Waals surface area contributed by atoms with Crippen LogP contribution in [0.1, 0.15) is 29.7 Å². The van der Waals surface area contributed by atoms with Gasteiger partial charge in [0, 0.05) is 5.69 Å². The normalized spacial score (nSPS) is 15.0. The number of hydrogen-bond donors (Lipinski definition) is 1. The van der Waals surface area contributed by atoms with Crippen LogP contribution in [0.5, 0.6) is 11.5 Å². The number of methoxy groups -OCH3 is 2. The quantitative estimate of drug-likeness (QED) is 0.392. The van der Waals surface area contributed by atoms with Crippen LogP contribution >= 0.6 is 11.3 Å². The summed E-state index contributed by atoms with van der Waals surface area (Å²) < 4.78 is 26.3. The van der Waals surface area contributed by atoms with E-state index in [0.717, 1.165) is 5.56 Å². The van der Waals surface area contributed by atoms with Gasteiger partial charge in [-0.3, -0.25) is 14.2 Å². The van der Waals surface area contributed by atoms with Crippen LogP contribution in [0.15, 0.2) is 87.8 Å². The van der Waals surface area contributed by atoms with Crippen LogP contribution in [0.25, 0.3) is 6.08 Å². The molecule has 1 atom stereocenters. The molecule has 0 unspecified atom stereocenters. The van der Waals surface area contributed by atoms with Gasteiger partial charge < -0.3 is 14.8 Å². The summed E-state index contributed by atoms with van der Waals surface area (Å²) in [4.78, 5) is 32.8. The van der Waals surface area contributed by atoms with Crippen molar-refractivity contribution in [1.29, 1.82) is 0 Å². The van der Waals surface area contributed by atoms with Crippen molar-refractivity contribution in [3.63, 3.8) is 0 Å². The number of anilines is 1. The number of allylic oxidation sites excluding steroid dienone is 1. The Morgan fingerprint density at radius 3 is 2.44 bits per heavy atom. The SMILES string of the molecule is COc1ccc([C@@H]2C(C(=O)Nc3ccccc3C)=C(C)N=c3s/c(=C/c4ccc(F)cc4)c(=O)n32)cc1OC. The molecule has 0 saturated carbocycles. The number of carbonyl (C=O) groups excluding carboxylic acids is 1. The summed E-state index contributed by atoms with van der Waals surface area (Å²) in [5, 5.41) is 3.00. The Balaban J connectivity index is 1.70. The topological polar surface area (TPSA) is 81.9 Å². The van der Waals surface area contributed by atoms with Crippen molar-refractivity contribution in [2.24, 2.45) is 4.99 Å². The lowest BCUT2D eigenvalue weighted by Gasteiger charge is -2.26. The van der Waals surface area contributed by atoms with E-state index in [-0.39, 0.29) is 17.3 Å². The highest BCUT2D eigenvalue weighted by Gasteiger charge is 2.33. The van der Waals surface area contributed by atoms with Gasteiger partial charge in [0.15, 0.2) is 16.3 Å². The van der Waals surface area contributed by atoms with E-state index < -0.39 is 6.04 Å². The van der Waals surface area contributed by atoms with Gasteiger partial charge in [-0.25, -0.2) is 9.38 Å². The fourth-order valence-corrected chi connectivity index (χ4v) is 5.61. The summed E-state index contributed by atoms with van der Waals surface area (Å²) in [6, 6.07) is 17.9. The van der Waals surface area contributed by atoms with Gasteiger partial charge in [-0.1, -0.05) is 47.7 Å². The van der Waals surface area contributed by atoms with E-state index in [1.54, 1.807) is 44.4 Å². The summed E-state index contributed by atoms with van der Waals surface area (Å²) in [5.74, 6) is 0.272. The Labute approximate surface area is 228 Å². The Morgan fingerprint density at radius 2 is 1.74 bits per heavy atom. The van der Waals surface area contributed by atoms with E-state index in [0.29, 0.717) is 48.9 Å². The minimum absolute atomic E-state index is 0.309. The fraction of sp³-hybridized carbons (Fsp3) is 0.167. The van der Waals surface area contributed by atoms with E-state index in [4.69, 9.17) is 9.47 Å². The highest BCUT2D eigenvalue weighted by molar-refractivity contribution is 7.07. The lowest BCUT2D eigenvalue weighted by atomic mass is 9.94. The molecule has 0 bridgehead atoms. The number of nitrogens with one attached hydrogen (secondary N) is 1. The molecule has 3 aromatic carbocycles. The predicted molar refractivity (Wildman–Crippen MR) is 150 cm³/mol. The van der Waals surface area contributed by atoms with Gasteiger partial charge in [0.2, 0.25) is 0 Å². The second-order valence-corrected chi connectivity index (χ2v) is 10.0. The van der Waals surface area contributed by atoms with Crippen molar-refractivity contribution in [3.8, 4) is 11.5 Å². The molecular weight excluding hydrogens is 517 g/mol. The maximum absolute atomic E-state index is 13.8. The molecule has 0 aliphatic carbocycles. The van der Waals surface area contributed by atoms with Crippen molar-refractivity contribution in [1.82, 2.24) is 4.57 Å². The average Bonchev–Trinajstić information content (AvgIpc) is 3.23. The molecule has 39 heavy (non-hydrogen) atoms. The van der Waals surface area contributed by atoms with Crippen LogP contribution in [0, 0.1) is 12.7 Å². The zero-order valence-corrected chi connectivity index (χ0v) is 22.6. The van der Waals surface area contributed by atoms with E-state index >= 15 is 0 Å². The van der Waals surface area contributed by atoms with E-state index in [2.05, 4.69) is 10.3 Å². The maximum atomic E-state index is 13.8. The zero-order chi connectivity index (χ0) is 27.7. The number of thiazole rings is 1. The highest BCUT2D eigenvalue weighted by atomic mass is 32.1. The number of rotatable bonds is 6. The smallest absolute Gasteiger partial charge is 0.271 e. The Bertz CT molecular complexity index is 1790. The van der Waals surface area contributed by atoms with Crippen LogP contribution in [0.3, 0.4) is 0 Å². The van der Waals surface area contributed by atoms with Crippen molar-refractivity contribution < 1.29 is 18.7 Å². The fourth-order valence-electron chi connectivity index (χ4n) is 4.56. The minimum Gasteiger partial charge on any atom is -0.493 e. The number of aromatic nitrogens is 1. The van der Waals surface area contributed by atoms with E-state index in [1.807, 2.05) is 37.3 Å². The third-order valence-electron chi connectivity index (χ3n) is 6.55. The van der Waals surface area contributed by atoms with Crippen molar-refractivity contribution in [3.05, 3.63) is 120 Å². The first-order valence-corrected chi connectivity index (χ1v) is 13.0.